The molecular formula is C16H15N5O4. The van der Waals surface area contributed by atoms with E-state index in [0.29, 0.717) is 23.6 Å². The lowest BCUT2D eigenvalue weighted by molar-refractivity contribution is -0.389. The normalized spacial score (nSPS) is 11.2. The van der Waals surface area contributed by atoms with Gasteiger partial charge in [0.15, 0.2) is 5.78 Å². The van der Waals surface area contributed by atoms with E-state index in [1.807, 2.05) is 6.92 Å². The van der Waals surface area contributed by atoms with E-state index in [-0.39, 0.29) is 18.1 Å². The topological polar surface area (TPSA) is 109 Å². The first kappa shape index (κ1) is 16.4. The van der Waals surface area contributed by atoms with Crippen molar-refractivity contribution in [2.24, 2.45) is 0 Å². The smallest absolute Gasteiger partial charge is 0.389 e. The summed E-state index contributed by atoms with van der Waals surface area (Å²) < 4.78 is 8.67. The van der Waals surface area contributed by atoms with Crippen molar-refractivity contribution < 1.29 is 14.1 Å². The van der Waals surface area contributed by atoms with Crippen LogP contribution in [0.15, 0.2) is 47.3 Å². The molecule has 3 aromatic rings. The first-order chi connectivity index (χ1) is 12.0. The summed E-state index contributed by atoms with van der Waals surface area (Å²) in [5.41, 5.74) is 0.508. The SMILES string of the molecule is CCn1cc(C(=O)/C=C/c2ccc(Cn3ccc([N+](=O)[O-])n3)o2)cn1. The van der Waals surface area contributed by atoms with Gasteiger partial charge in [-0.3, -0.25) is 9.48 Å². The van der Waals surface area contributed by atoms with Crippen LogP contribution in [0.4, 0.5) is 5.82 Å². The molecule has 0 radical (unpaired) electrons. The molecule has 3 rings (SSSR count). The number of aryl methyl sites for hydroxylation is 1. The molecular weight excluding hydrogens is 326 g/mol. The number of rotatable bonds is 7. The van der Waals surface area contributed by atoms with Crippen molar-refractivity contribution >= 4 is 17.7 Å². The Labute approximate surface area is 142 Å². The molecule has 0 amide bonds. The van der Waals surface area contributed by atoms with Gasteiger partial charge in [-0.15, -0.1) is 0 Å². The molecule has 3 heterocycles. The number of hydrogen-bond acceptors (Lipinski definition) is 6. The van der Waals surface area contributed by atoms with Gasteiger partial charge in [0.25, 0.3) is 0 Å². The Hall–Kier alpha value is -3.49. The summed E-state index contributed by atoms with van der Waals surface area (Å²) in [6.45, 7) is 2.90. The summed E-state index contributed by atoms with van der Waals surface area (Å²) in [6.07, 6.45) is 7.70. The van der Waals surface area contributed by atoms with Crippen LogP contribution in [0.3, 0.4) is 0 Å². The van der Waals surface area contributed by atoms with E-state index in [2.05, 4.69) is 10.2 Å². The Morgan fingerprint density at radius 3 is 2.88 bits per heavy atom. The van der Waals surface area contributed by atoms with Gasteiger partial charge in [-0.1, -0.05) is 0 Å². The van der Waals surface area contributed by atoms with Gasteiger partial charge in [-0.25, -0.2) is 0 Å². The molecule has 0 bridgehead atoms. The summed E-state index contributed by atoms with van der Waals surface area (Å²) in [7, 11) is 0. The number of nitrogens with zero attached hydrogens (tertiary/aromatic N) is 5. The molecule has 0 aliphatic carbocycles. The van der Waals surface area contributed by atoms with Crippen molar-refractivity contribution in [1.82, 2.24) is 19.6 Å². The highest BCUT2D eigenvalue weighted by Crippen LogP contribution is 2.13. The van der Waals surface area contributed by atoms with E-state index in [9.17, 15) is 14.9 Å². The number of ketones is 1. The average molecular weight is 341 g/mol. The summed E-state index contributed by atoms with van der Waals surface area (Å²) in [4.78, 5) is 22.1. The summed E-state index contributed by atoms with van der Waals surface area (Å²) >= 11 is 0. The van der Waals surface area contributed by atoms with Gasteiger partial charge >= 0.3 is 5.82 Å². The standard InChI is InChI=1S/C16H15N5O4/c1-2-19-10-12(9-17-19)15(22)6-5-13-3-4-14(25-13)11-20-8-7-16(18-20)21(23)24/h3-10H,2,11H2,1H3/b6-5+. The Morgan fingerprint density at radius 2 is 2.20 bits per heavy atom. The maximum absolute atomic E-state index is 12.1. The zero-order valence-corrected chi connectivity index (χ0v) is 13.4. The van der Waals surface area contributed by atoms with Gasteiger partial charge in [0.2, 0.25) is 0 Å². The molecule has 0 fully saturated rings. The van der Waals surface area contributed by atoms with Crippen LogP contribution < -0.4 is 0 Å². The fraction of sp³-hybridized carbons (Fsp3) is 0.188. The number of nitro groups is 1. The highest BCUT2D eigenvalue weighted by molar-refractivity contribution is 6.06. The minimum absolute atomic E-state index is 0.166. The van der Waals surface area contributed by atoms with Crippen LogP contribution >= 0.6 is 0 Å². The molecule has 0 unspecified atom stereocenters. The highest BCUT2D eigenvalue weighted by atomic mass is 16.6. The molecule has 0 spiro atoms. The number of aromatic nitrogens is 4. The van der Waals surface area contributed by atoms with E-state index >= 15 is 0 Å². The molecule has 0 aliphatic heterocycles. The number of furan rings is 1. The fourth-order valence-corrected chi connectivity index (χ4v) is 2.18. The Bertz CT molecular complexity index is 934. The molecule has 0 saturated carbocycles. The number of allylic oxidation sites excluding steroid dienone is 1. The van der Waals surface area contributed by atoms with Gasteiger partial charge in [-0.2, -0.15) is 9.78 Å². The summed E-state index contributed by atoms with van der Waals surface area (Å²) in [5.74, 6) is 0.696. The Balaban J connectivity index is 1.64. The van der Waals surface area contributed by atoms with E-state index in [1.54, 1.807) is 29.1 Å². The van der Waals surface area contributed by atoms with Crippen LogP contribution in [0, 0.1) is 10.1 Å². The van der Waals surface area contributed by atoms with E-state index in [0.717, 1.165) is 0 Å². The van der Waals surface area contributed by atoms with Gasteiger partial charge in [0.05, 0.1) is 29.1 Å². The molecule has 3 aromatic heterocycles. The second-order valence-corrected chi connectivity index (χ2v) is 5.21. The fourth-order valence-electron chi connectivity index (χ4n) is 2.18. The lowest BCUT2D eigenvalue weighted by atomic mass is 10.2. The molecule has 0 N–H and O–H groups in total. The zero-order chi connectivity index (χ0) is 17.8. The number of hydrogen-bond donors (Lipinski definition) is 0. The van der Waals surface area contributed by atoms with Crippen LogP contribution in [0.2, 0.25) is 0 Å². The molecule has 0 atom stereocenters. The third-order valence-corrected chi connectivity index (χ3v) is 3.45. The second-order valence-electron chi connectivity index (χ2n) is 5.21. The van der Waals surface area contributed by atoms with Crippen molar-refractivity contribution in [2.45, 2.75) is 20.0 Å². The van der Waals surface area contributed by atoms with Crippen LogP contribution in [-0.4, -0.2) is 30.3 Å². The van der Waals surface area contributed by atoms with Crippen molar-refractivity contribution in [1.29, 1.82) is 0 Å². The highest BCUT2D eigenvalue weighted by Gasteiger charge is 2.12. The first-order valence-electron chi connectivity index (χ1n) is 7.56. The maximum atomic E-state index is 12.1. The lowest BCUT2D eigenvalue weighted by Gasteiger charge is -1.93. The minimum Gasteiger partial charge on any atom is -0.460 e. The predicted molar refractivity (Wildman–Crippen MR) is 88.0 cm³/mol. The van der Waals surface area contributed by atoms with Crippen LogP contribution in [0.25, 0.3) is 6.08 Å². The molecule has 0 saturated heterocycles. The van der Waals surface area contributed by atoms with Crippen LogP contribution in [0.5, 0.6) is 0 Å². The van der Waals surface area contributed by atoms with Crippen LogP contribution in [-0.2, 0) is 13.1 Å². The average Bonchev–Trinajstić information content (AvgIpc) is 3.33. The lowest BCUT2D eigenvalue weighted by Crippen LogP contribution is -2.00. The van der Waals surface area contributed by atoms with Crippen molar-refractivity contribution in [3.8, 4) is 0 Å². The summed E-state index contributed by atoms with van der Waals surface area (Å²) in [6, 6.07) is 4.76. The zero-order valence-electron chi connectivity index (χ0n) is 13.4. The number of carbonyl (C=O) groups excluding carboxylic acids is 1. The molecule has 128 valence electrons. The molecule has 9 nitrogen and oxygen atoms in total. The largest absolute Gasteiger partial charge is 0.460 e. The predicted octanol–water partition coefficient (Wildman–Crippen LogP) is 2.55. The van der Waals surface area contributed by atoms with E-state index in [1.165, 1.54) is 29.2 Å². The summed E-state index contributed by atoms with van der Waals surface area (Å²) in [5, 5.41) is 18.5. The van der Waals surface area contributed by atoms with E-state index < -0.39 is 4.92 Å². The molecule has 0 aliphatic rings. The first-order valence-corrected chi connectivity index (χ1v) is 7.56. The Kier molecular flexibility index (Phi) is 4.55. The third-order valence-electron chi connectivity index (χ3n) is 3.45. The van der Waals surface area contributed by atoms with Crippen molar-refractivity contribution in [3.05, 3.63) is 70.1 Å². The van der Waals surface area contributed by atoms with Crippen molar-refractivity contribution in [3.63, 3.8) is 0 Å². The van der Waals surface area contributed by atoms with Gasteiger partial charge in [0, 0.05) is 12.7 Å². The molecule has 0 aromatic carbocycles. The Morgan fingerprint density at radius 1 is 1.36 bits per heavy atom. The van der Waals surface area contributed by atoms with Gasteiger partial charge in [0.1, 0.15) is 18.1 Å². The number of carbonyl (C=O) groups is 1. The van der Waals surface area contributed by atoms with Gasteiger partial charge in [-0.05, 0) is 36.1 Å². The second kappa shape index (κ2) is 6.95. The maximum Gasteiger partial charge on any atom is 0.389 e. The molecule has 25 heavy (non-hydrogen) atoms. The molecule has 9 heteroatoms. The van der Waals surface area contributed by atoms with Crippen LogP contribution in [0.1, 0.15) is 28.8 Å². The quantitative estimate of drug-likeness (QED) is 0.283. The van der Waals surface area contributed by atoms with Gasteiger partial charge < -0.3 is 14.5 Å². The third kappa shape index (κ3) is 3.89. The monoisotopic (exact) mass is 341 g/mol. The van der Waals surface area contributed by atoms with E-state index in [4.69, 9.17) is 4.42 Å². The minimum atomic E-state index is -0.556. The van der Waals surface area contributed by atoms with Crippen molar-refractivity contribution in [2.75, 3.05) is 0 Å².